The molecule has 0 spiro atoms. The number of nitrogens with one attached hydrogen (secondary N) is 1. The number of carboxylic acid groups (broad SMARTS) is 1. The van der Waals surface area contributed by atoms with Crippen LogP contribution in [0.5, 0.6) is 0 Å². The first-order chi connectivity index (χ1) is 8.69. The molecule has 0 radical (unpaired) electrons. The number of hydrogen-bond acceptors (Lipinski definition) is 4. The summed E-state index contributed by atoms with van der Waals surface area (Å²) in [5, 5.41) is 20.6. The Morgan fingerprint density at radius 1 is 1.11 bits per heavy atom. The zero-order chi connectivity index (χ0) is 13.0. The molecule has 0 atom stereocenters. The highest BCUT2D eigenvalue weighted by Crippen LogP contribution is 2.14. The highest BCUT2D eigenvalue weighted by atomic mass is 16.4. The molecule has 5 heteroatoms. The predicted octanol–water partition coefficient (Wildman–Crippen LogP) is 2.08. The lowest BCUT2D eigenvalue weighted by Gasteiger charge is -2.04. The molecule has 0 aliphatic rings. The Bertz CT molecular complexity index is 530. The van der Waals surface area contributed by atoms with Gasteiger partial charge in [0.25, 0.3) is 0 Å². The van der Waals surface area contributed by atoms with Crippen LogP contribution in [-0.4, -0.2) is 16.2 Å². The number of aliphatic hydroxyl groups is 1. The number of carboxylic acids is 1. The fourth-order valence-electron chi connectivity index (χ4n) is 1.50. The molecule has 0 saturated carbocycles. The molecule has 0 saturated heterocycles. The minimum Gasteiger partial charge on any atom is -0.475 e. The smallest absolute Gasteiger partial charge is 0.371 e. The van der Waals surface area contributed by atoms with Crippen LogP contribution in [0.2, 0.25) is 0 Å². The van der Waals surface area contributed by atoms with Crippen molar-refractivity contribution in [1.29, 1.82) is 0 Å². The van der Waals surface area contributed by atoms with E-state index in [9.17, 15) is 4.79 Å². The lowest BCUT2D eigenvalue weighted by Crippen LogP contribution is -1.98. The summed E-state index contributed by atoms with van der Waals surface area (Å²) < 4.78 is 5.06. The number of furan rings is 1. The molecule has 0 bridgehead atoms. The number of benzene rings is 1. The molecule has 0 aliphatic carbocycles. The maximum atomic E-state index is 10.6. The van der Waals surface area contributed by atoms with Gasteiger partial charge in [0, 0.05) is 12.6 Å². The summed E-state index contributed by atoms with van der Waals surface area (Å²) >= 11 is 0. The van der Waals surface area contributed by atoms with Crippen LogP contribution in [0.1, 0.15) is 21.7 Å². The summed E-state index contributed by atoms with van der Waals surface area (Å²) in [4.78, 5) is 10.6. The Balaban J connectivity index is 1.95. The van der Waals surface area contributed by atoms with Crippen LogP contribution in [-0.2, 0) is 13.2 Å². The van der Waals surface area contributed by atoms with Crippen molar-refractivity contribution in [1.82, 2.24) is 0 Å². The second kappa shape index (κ2) is 5.37. The third kappa shape index (κ3) is 2.89. The van der Waals surface area contributed by atoms with Crippen LogP contribution in [0.3, 0.4) is 0 Å². The summed E-state index contributed by atoms with van der Waals surface area (Å²) in [6.45, 7) is 0.548. The van der Waals surface area contributed by atoms with E-state index >= 15 is 0 Å². The third-order valence-electron chi connectivity index (χ3n) is 2.49. The number of aliphatic hydroxyl groups excluding tert-OH is 1. The van der Waals surface area contributed by atoms with Gasteiger partial charge in [-0.3, -0.25) is 0 Å². The predicted molar refractivity (Wildman–Crippen MR) is 65.4 cm³/mol. The van der Waals surface area contributed by atoms with Gasteiger partial charge in [0.15, 0.2) is 5.88 Å². The Kier molecular flexibility index (Phi) is 3.64. The Morgan fingerprint density at radius 3 is 2.33 bits per heavy atom. The highest BCUT2D eigenvalue weighted by Gasteiger charge is 2.08. The second-order valence-corrected chi connectivity index (χ2v) is 3.80. The van der Waals surface area contributed by atoms with Gasteiger partial charge in [0.2, 0.25) is 5.76 Å². The maximum Gasteiger partial charge on any atom is 0.371 e. The second-order valence-electron chi connectivity index (χ2n) is 3.80. The van der Waals surface area contributed by atoms with Crippen LogP contribution in [0.4, 0.5) is 5.88 Å². The van der Waals surface area contributed by atoms with E-state index in [4.69, 9.17) is 14.6 Å². The molecule has 1 aromatic heterocycles. The molecule has 2 aromatic rings. The topological polar surface area (TPSA) is 82.7 Å². The average molecular weight is 247 g/mol. The molecule has 0 unspecified atom stereocenters. The van der Waals surface area contributed by atoms with Crippen LogP contribution >= 0.6 is 0 Å². The van der Waals surface area contributed by atoms with E-state index in [0.29, 0.717) is 12.4 Å². The lowest BCUT2D eigenvalue weighted by molar-refractivity contribution is 0.0663. The van der Waals surface area contributed by atoms with Gasteiger partial charge in [-0.2, -0.15) is 0 Å². The van der Waals surface area contributed by atoms with Crippen LogP contribution in [0, 0.1) is 0 Å². The van der Waals surface area contributed by atoms with Gasteiger partial charge < -0.3 is 19.9 Å². The van der Waals surface area contributed by atoms with Crippen molar-refractivity contribution >= 4 is 11.9 Å². The van der Waals surface area contributed by atoms with Crippen LogP contribution in [0.25, 0.3) is 0 Å². The number of aromatic carboxylic acids is 1. The fourth-order valence-corrected chi connectivity index (χ4v) is 1.50. The minimum atomic E-state index is -1.09. The Hall–Kier alpha value is -2.27. The zero-order valence-electron chi connectivity index (χ0n) is 9.59. The standard InChI is InChI=1S/C13H13NO4/c15-8-10-3-1-9(2-4-10)7-14-12-6-5-11(18-12)13(16)17/h1-6,14-15H,7-8H2,(H,16,17). The van der Waals surface area contributed by atoms with Gasteiger partial charge in [-0.1, -0.05) is 24.3 Å². The van der Waals surface area contributed by atoms with E-state index < -0.39 is 5.97 Å². The first-order valence-electron chi connectivity index (χ1n) is 5.44. The first kappa shape index (κ1) is 12.2. The number of anilines is 1. The van der Waals surface area contributed by atoms with E-state index in [-0.39, 0.29) is 12.4 Å². The number of rotatable bonds is 5. The average Bonchev–Trinajstić information content (AvgIpc) is 2.86. The molecule has 94 valence electrons. The van der Waals surface area contributed by atoms with Gasteiger partial charge in [-0.05, 0) is 17.2 Å². The summed E-state index contributed by atoms with van der Waals surface area (Å²) in [6.07, 6.45) is 0. The molecule has 2 rings (SSSR count). The first-order valence-corrected chi connectivity index (χ1v) is 5.44. The van der Waals surface area contributed by atoms with Crippen molar-refractivity contribution in [2.75, 3.05) is 5.32 Å². The van der Waals surface area contributed by atoms with E-state index in [0.717, 1.165) is 11.1 Å². The molecule has 1 heterocycles. The molecule has 5 nitrogen and oxygen atoms in total. The van der Waals surface area contributed by atoms with E-state index in [1.165, 1.54) is 6.07 Å². The molecule has 0 amide bonds. The van der Waals surface area contributed by atoms with Gasteiger partial charge >= 0.3 is 5.97 Å². The molecule has 1 aromatic carbocycles. The molecule has 3 N–H and O–H groups in total. The third-order valence-corrected chi connectivity index (χ3v) is 2.49. The normalized spacial score (nSPS) is 10.3. The van der Waals surface area contributed by atoms with Crippen molar-refractivity contribution < 1.29 is 19.4 Å². The summed E-state index contributed by atoms with van der Waals surface area (Å²) in [5.74, 6) is -0.762. The monoisotopic (exact) mass is 247 g/mol. The summed E-state index contributed by atoms with van der Waals surface area (Å²) in [5.41, 5.74) is 1.87. The summed E-state index contributed by atoms with van der Waals surface area (Å²) in [6, 6.07) is 10.4. The summed E-state index contributed by atoms with van der Waals surface area (Å²) in [7, 11) is 0. The van der Waals surface area contributed by atoms with E-state index in [1.54, 1.807) is 6.07 Å². The highest BCUT2D eigenvalue weighted by molar-refractivity contribution is 5.84. The van der Waals surface area contributed by atoms with Crippen molar-refractivity contribution in [2.45, 2.75) is 13.2 Å². The number of carbonyl (C=O) groups is 1. The SMILES string of the molecule is O=C(O)c1ccc(NCc2ccc(CO)cc2)o1. The van der Waals surface area contributed by atoms with Crippen molar-refractivity contribution in [2.24, 2.45) is 0 Å². The van der Waals surface area contributed by atoms with Gasteiger partial charge in [0.05, 0.1) is 6.61 Å². The van der Waals surface area contributed by atoms with Gasteiger partial charge in [-0.25, -0.2) is 4.79 Å². The fraction of sp³-hybridized carbons (Fsp3) is 0.154. The number of hydrogen-bond donors (Lipinski definition) is 3. The quantitative estimate of drug-likeness (QED) is 0.753. The molecule has 0 fully saturated rings. The van der Waals surface area contributed by atoms with Crippen molar-refractivity contribution in [3.8, 4) is 0 Å². The Morgan fingerprint density at radius 2 is 1.78 bits per heavy atom. The molecule has 18 heavy (non-hydrogen) atoms. The Labute approximate surface area is 104 Å². The molecular weight excluding hydrogens is 234 g/mol. The molecule has 0 aliphatic heterocycles. The van der Waals surface area contributed by atoms with Crippen LogP contribution < -0.4 is 5.32 Å². The minimum absolute atomic E-state index is 0.0217. The van der Waals surface area contributed by atoms with Crippen LogP contribution in [0.15, 0.2) is 40.8 Å². The van der Waals surface area contributed by atoms with E-state index in [1.807, 2.05) is 24.3 Å². The lowest BCUT2D eigenvalue weighted by atomic mass is 10.1. The van der Waals surface area contributed by atoms with E-state index in [2.05, 4.69) is 5.32 Å². The van der Waals surface area contributed by atoms with Crippen molar-refractivity contribution in [3.63, 3.8) is 0 Å². The largest absolute Gasteiger partial charge is 0.475 e. The van der Waals surface area contributed by atoms with Crippen molar-refractivity contribution in [3.05, 3.63) is 53.3 Å². The maximum absolute atomic E-state index is 10.6. The van der Waals surface area contributed by atoms with Gasteiger partial charge in [0.1, 0.15) is 0 Å². The molecular formula is C13H13NO4. The van der Waals surface area contributed by atoms with Gasteiger partial charge in [-0.15, -0.1) is 0 Å². The zero-order valence-corrected chi connectivity index (χ0v) is 9.59.